The maximum absolute atomic E-state index is 11.5. The Morgan fingerprint density at radius 2 is 2.29 bits per heavy atom. The summed E-state index contributed by atoms with van der Waals surface area (Å²) in [7, 11) is 0. The Morgan fingerprint density at radius 1 is 1.48 bits per heavy atom. The van der Waals surface area contributed by atoms with Gasteiger partial charge < -0.3 is 20.5 Å². The molecule has 2 rings (SSSR count). The van der Waals surface area contributed by atoms with Crippen LogP contribution in [0.15, 0.2) is 18.2 Å². The van der Waals surface area contributed by atoms with Gasteiger partial charge in [0.2, 0.25) is 5.91 Å². The largest absolute Gasteiger partial charge is 0.489 e. The first-order valence-corrected chi connectivity index (χ1v) is 7.59. The minimum atomic E-state index is -0.741. The summed E-state index contributed by atoms with van der Waals surface area (Å²) in [4.78, 5) is 11.5. The molecule has 0 radical (unpaired) electrons. The SMILES string of the molecule is O=C1NCCCC1NCC(O)COc1cc(Cl)ccc1Cl. The van der Waals surface area contributed by atoms with E-state index in [2.05, 4.69) is 10.6 Å². The van der Waals surface area contributed by atoms with Gasteiger partial charge in [-0.3, -0.25) is 4.79 Å². The fourth-order valence-electron chi connectivity index (χ4n) is 2.08. The van der Waals surface area contributed by atoms with Crippen LogP contribution in [0.5, 0.6) is 5.75 Å². The van der Waals surface area contributed by atoms with Crippen LogP contribution in [0.3, 0.4) is 0 Å². The summed E-state index contributed by atoms with van der Waals surface area (Å²) in [6, 6.07) is 4.65. The highest BCUT2D eigenvalue weighted by Gasteiger charge is 2.22. The van der Waals surface area contributed by atoms with Crippen molar-refractivity contribution in [3.63, 3.8) is 0 Å². The molecular formula is C14H18Cl2N2O3. The molecule has 0 aliphatic carbocycles. The van der Waals surface area contributed by atoms with Crippen molar-refractivity contribution in [3.05, 3.63) is 28.2 Å². The third-order valence-electron chi connectivity index (χ3n) is 3.21. The van der Waals surface area contributed by atoms with Gasteiger partial charge >= 0.3 is 0 Å². The topological polar surface area (TPSA) is 70.6 Å². The van der Waals surface area contributed by atoms with Crippen LogP contribution in [0, 0.1) is 0 Å². The summed E-state index contributed by atoms with van der Waals surface area (Å²) in [6.45, 7) is 1.06. The van der Waals surface area contributed by atoms with Crippen LogP contribution in [0.25, 0.3) is 0 Å². The number of hydrogen-bond acceptors (Lipinski definition) is 4. The van der Waals surface area contributed by atoms with Gasteiger partial charge in [-0.15, -0.1) is 0 Å². The van der Waals surface area contributed by atoms with E-state index < -0.39 is 6.10 Å². The van der Waals surface area contributed by atoms with Crippen molar-refractivity contribution in [2.45, 2.75) is 25.0 Å². The standard InChI is InChI=1S/C14H18Cl2N2O3/c15-9-3-4-11(16)13(6-9)21-8-10(19)7-18-12-2-1-5-17-14(12)20/h3-4,6,10,12,18-19H,1-2,5,7-8H2,(H,17,20). The lowest BCUT2D eigenvalue weighted by Crippen LogP contribution is -2.50. The van der Waals surface area contributed by atoms with E-state index in [1.165, 1.54) is 0 Å². The van der Waals surface area contributed by atoms with Crippen molar-refractivity contribution in [3.8, 4) is 5.75 Å². The summed E-state index contributed by atoms with van der Waals surface area (Å²) in [6.07, 6.45) is 0.975. The van der Waals surface area contributed by atoms with Gasteiger partial charge in [0.15, 0.2) is 0 Å². The summed E-state index contributed by atoms with van der Waals surface area (Å²) < 4.78 is 5.44. The minimum Gasteiger partial charge on any atom is -0.489 e. The Balaban J connectivity index is 1.75. The average molecular weight is 333 g/mol. The lowest BCUT2D eigenvalue weighted by Gasteiger charge is -2.24. The highest BCUT2D eigenvalue weighted by molar-refractivity contribution is 6.34. The molecule has 1 aromatic carbocycles. The molecule has 0 aromatic heterocycles. The van der Waals surface area contributed by atoms with E-state index in [0.29, 0.717) is 15.8 Å². The van der Waals surface area contributed by atoms with Crippen LogP contribution >= 0.6 is 23.2 Å². The molecule has 116 valence electrons. The highest BCUT2D eigenvalue weighted by Crippen LogP contribution is 2.27. The number of piperidine rings is 1. The predicted molar refractivity (Wildman–Crippen MR) is 82.0 cm³/mol. The highest BCUT2D eigenvalue weighted by atomic mass is 35.5. The van der Waals surface area contributed by atoms with Crippen molar-refractivity contribution in [1.29, 1.82) is 0 Å². The number of benzene rings is 1. The van der Waals surface area contributed by atoms with Crippen molar-refractivity contribution in [2.75, 3.05) is 19.7 Å². The van der Waals surface area contributed by atoms with Crippen molar-refractivity contribution < 1.29 is 14.6 Å². The van der Waals surface area contributed by atoms with Crippen molar-refractivity contribution in [2.24, 2.45) is 0 Å². The Morgan fingerprint density at radius 3 is 3.05 bits per heavy atom. The quantitative estimate of drug-likeness (QED) is 0.740. The van der Waals surface area contributed by atoms with E-state index in [-0.39, 0.29) is 25.1 Å². The second-order valence-electron chi connectivity index (χ2n) is 4.93. The molecule has 5 nitrogen and oxygen atoms in total. The molecular weight excluding hydrogens is 315 g/mol. The Kier molecular flexibility index (Phi) is 6.11. The number of aliphatic hydroxyl groups excluding tert-OH is 1. The molecule has 0 spiro atoms. The second kappa shape index (κ2) is 7.84. The minimum absolute atomic E-state index is 0.0211. The lowest BCUT2D eigenvalue weighted by atomic mass is 10.1. The molecule has 0 saturated carbocycles. The molecule has 1 heterocycles. The zero-order valence-corrected chi connectivity index (χ0v) is 13.0. The molecule has 1 aromatic rings. The van der Waals surface area contributed by atoms with E-state index in [4.69, 9.17) is 27.9 Å². The first kappa shape index (κ1) is 16.4. The van der Waals surface area contributed by atoms with E-state index in [9.17, 15) is 9.90 Å². The van der Waals surface area contributed by atoms with Gasteiger partial charge in [0.05, 0.1) is 11.1 Å². The van der Waals surface area contributed by atoms with Gasteiger partial charge in [-0.25, -0.2) is 0 Å². The van der Waals surface area contributed by atoms with Gasteiger partial charge in [-0.05, 0) is 25.0 Å². The molecule has 1 fully saturated rings. The van der Waals surface area contributed by atoms with Crippen LogP contribution in [0.4, 0.5) is 0 Å². The first-order valence-electron chi connectivity index (χ1n) is 6.83. The van der Waals surface area contributed by atoms with Crippen LogP contribution in [0.1, 0.15) is 12.8 Å². The molecule has 3 N–H and O–H groups in total. The number of nitrogens with one attached hydrogen (secondary N) is 2. The first-order chi connectivity index (χ1) is 10.1. The summed E-state index contributed by atoms with van der Waals surface area (Å²) in [5.41, 5.74) is 0. The molecule has 0 bridgehead atoms. The average Bonchev–Trinajstić information content (AvgIpc) is 2.47. The number of ether oxygens (including phenoxy) is 1. The Bertz CT molecular complexity index is 499. The number of carbonyl (C=O) groups excluding carboxylic acids is 1. The van der Waals surface area contributed by atoms with Crippen LogP contribution in [-0.2, 0) is 4.79 Å². The number of aliphatic hydroxyl groups is 1. The van der Waals surface area contributed by atoms with Gasteiger partial charge in [0.25, 0.3) is 0 Å². The molecule has 1 aliphatic heterocycles. The Hall–Kier alpha value is -1.01. The van der Waals surface area contributed by atoms with E-state index in [1.807, 2.05) is 0 Å². The van der Waals surface area contributed by atoms with Crippen LogP contribution < -0.4 is 15.4 Å². The molecule has 1 amide bonds. The fraction of sp³-hybridized carbons (Fsp3) is 0.500. The van der Waals surface area contributed by atoms with Gasteiger partial charge in [-0.2, -0.15) is 0 Å². The van der Waals surface area contributed by atoms with Crippen LogP contribution in [-0.4, -0.2) is 42.9 Å². The number of rotatable bonds is 6. The molecule has 2 atom stereocenters. The number of hydrogen-bond donors (Lipinski definition) is 3. The summed E-state index contributed by atoms with van der Waals surface area (Å²) in [5.74, 6) is 0.408. The van der Waals surface area contributed by atoms with E-state index in [0.717, 1.165) is 19.4 Å². The van der Waals surface area contributed by atoms with Crippen molar-refractivity contribution >= 4 is 29.1 Å². The lowest BCUT2D eigenvalue weighted by molar-refractivity contribution is -0.124. The molecule has 2 unspecified atom stereocenters. The zero-order chi connectivity index (χ0) is 15.2. The normalized spacial score (nSPS) is 20.0. The van der Waals surface area contributed by atoms with Crippen molar-refractivity contribution in [1.82, 2.24) is 10.6 Å². The monoisotopic (exact) mass is 332 g/mol. The number of amides is 1. The smallest absolute Gasteiger partial charge is 0.237 e. The third-order valence-corrected chi connectivity index (χ3v) is 3.76. The summed E-state index contributed by atoms with van der Waals surface area (Å²) in [5, 5.41) is 16.7. The molecule has 7 heteroatoms. The van der Waals surface area contributed by atoms with E-state index in [1.54, 1.807) is 18.2 Å². The molecule has 1 saturated heterocycles. The van der Waals surface area contributed by atoms with E-state index >= 15 is 0 Å². The van der Waals surface area contributed by atoms with Gasteiger partial charge in [-0.1, -0.05) is 23.2 Å². The summed E-state index contributed by atoms with van der Waals surface area (Å²) >= 11 is 11.8. The van der Waals surface area contributed by atoms with Crippen LogP contribution in [0.2, 0.25) is 10.0 Å². The fourth-order valence-corrected chi connectivity index (χ4v) is 2.41. The maximum Gasteiger partial charge on any atom is 0.237 e. The predicted octanol–water partition coefficient (Wildman–Crippen LogP) is 1.60. The molecule has 1 aliphatic rings. The number of carbonyl (C=O) groups is 1. The second-order valence-corrected chi connectivity index (χ2v) is 5.78. The van der Waals surface area contributed by atoms with Gasteiger partial charge in [0, 0.05) is 24.2 Å². The molecule has 21 heavy (non-hydrogen) atoms. The zero-order valence-electron chi connectivity index (χ0n) is 11.4. The van der Waals surface area contributed by atoms with Gasteiger partial charge in [0.1, 0.15) is 18.5 Å². The number of halogens is 2. The maximum atomic E-state index is 11.5. The third kappa shape index (κ3) is 5.04. The Labute approximate surface area is 133 Å².